The molecule has 5 heteroatoms. The monoisotopic (exact) mass is 253 g/mol. The summed E-state index contributed by atoms with van der Waals surface area (Å²) in [6.07, 6.45) is 7.99. The zero-order chi connectivity index (χ0) is 13.2. The Hall–Kier alpha value is -2.35. The zero-order valence-electron chi connectivity index (χ0n) is 10.6. The van der Waals surface area contributed by atoms with Gasteiger partial charge in [0, 0.05) is 18.3 Å². The first-order chi connectivity index (χ1) is 9.31. The molecule has 5 nitrogen and oxygen atoms in total. The standard InChI is InChI=1S/C14H15N5/c15-9-12-13(10-3-1-2-4-10)18-19(14(12)16)11-5-7-17-8-6-11/h5-8,10H,1-4,16H2. The second-order valence-electron chi connectivity index (χ2n) is 4.86. The number of hydrogen-bond donors (Lipinski definition) is 1. The van der Waals surface area contributed by atoms with Crippen LogP contribution in [-0.2, 0) is 0 Å². The lowest BCUT2D eigenvalue weighted by Crippen LogP contribution is -2.02. The summed E-state index contributed by atoms with van der Waals surface area (Å²) >= 11 is 0. The number of nitrogens with zero attached hydrogens (tertiary/aromatic N) is 4. The molecule has 0 aromatic carbocycles. The molecule has 3 rings (SSSR count). The number of rotatable bonds is 2. The van der Waals surface area contributed by atoms with Gasteiger partial charge in [-0.05, 0) is 25.0 Å². The summed E-state index contributed by atoms with van der Waals surface area (Å²) in [6, 6.07) is 5.88. The Morgan fingerprint density at radius 2 is 1.95 bits per heavy atom. The van der Waals surface area contributed by atoms with Crippen LogP contribution in [0.2, 0.25) is 0 Å². The fraction of sp³-hybridized carbons (Fsp3) is 0.357. The van der Waals surface area contributed by atoms with Crippen LogP contribution in [0.3, 0.4) is 0 Å². The van der Waals surface area contributed by atoms with E-state index >= 15 is 0 Å². The molecule has 0 aliphatic heterocycles. The van der Waals surface area contributed by atoms with Crippen LogP contribution < -0.4 is 5.73 Å². The van der Waals surface area contributed by atoms with Crippen LogP contribution in [0.25, 0.3) is 5.69 Å². The van der Waals surface area contributed by atoms with Gasteiger partial charge in [-0.15, -0.1) is 0 Å². The van der Waals surface area contributed by atoms with E-state index in [1.165, 1.54) is 12.8 Å². The van der Waals surface area contributed by atoms with E-state index in [1.54, 1.807) is 17.1 Å². The minimum absolute atomic E-state index is 0.375. The van der Waals surface area contributed by atoms with Crippen molar-refractivity contribution in [3.05, 3.63) is 35.8 Å². The molecule has 0 saturated heterocycles. The van der Waals surface area contributed by atoms with Gasteiger partial charge in [0.25, 0.3) is 0 Å². The van der Waals surface area contributed by atoms with Crippen LogP contribution in [-0.4, -0.2) is 14.8 Å². The highest BCUT2D eigenvalue weighted by Crippen LogP contribution is 2.37. The Labute approximate surface area is 111 Å². The molecular weight excluding hydrogens is 238 g/mol. The van der Waals surface area contributed by atoms with Crippen LogP contribution in [0.15, 0.2) is 24.5 Å². The van der Waals surface area contributed by atoms with Crippen molar-refractivity contribution in [3.8, 4) is 11.8 Å². The highest BCUT2D eigenvalue weighted by Gasteiger charge is 2.26. The second kappa shape index (κ2) is 4.73. The van der Waals surface area contributed by atoms with Gasteiger partial charge in [-0.1, -0.05) is 12.8 Å². The molecule has 1 aliphatic carbocycles. The topological polar surface area (TPSA) is 80.5 Å². The molecule has 0 unspecified atom stereocenters. The zero-order valence-corrected chi connectivity index (χ0v) is 10.6. The molecule has 1 saturated carbocycles. The molecule has 0 spiro atoms. The Morgan fingerprint density at radius 3 is 2.58 bits per heavy atom. The van der Waals surface area contributed by atoms with E-state index in [9.17, 15) is 5.26 Å². The number of aromatic nitrogens is 3. The van der Waals surface area contributed by atoms with Crippen LogP contribution in [0, 0.1) is 11.3 Å². The van der Waals surface area contributed by atoms with Crippen LogP contribution >= 0.6 is 0 Å². The highest BCUT2D eigenvalue weighted by molar-refractivity contribution is 5.56. The molecule has 0 radical (unpaired) electrons. The fourth-order valence-corrected chi connectivity index (χ4v) is 2.73. The van der Waals surface area contributed by atoms with Crippen molar-refractivity contribution in [1.82, 2.24) is 14.8 Å². The summed E-state index contributed by atoms with van der Waals surface area (Å²) in [4.78, 5) is 3.98. The van der Waals surface area contributed by atoms with Crippen LogP contribution in [0.1, 0.15) is 42.9 Å². The smallest absolute Gasteiger partial charge is 0.145 e. The minimum Gasteiger partial charge on any atom is -0.382 e. The summed E-state index contributed by atoms with van der Waals surface area (Å²) in [5.41, 5.74) is 8.30. The number of pyridine rings is 1. The maximum atomic E-state index is 9.32. The van der Waals surface area contributed by atoms with Crippen molar-refractivity contribution >= 4 is 5.82 Å². The number of nitrogen functional groups attached to an aromatic ring is 1. The van der Waals surface area contributed by atoms with Gasteiger partial charge in [0.1, 0.15) is 17.5 Å². The molecule has 2 N–H and O–H groups in total. The molecule has 0 bridgehead atoms. The summed E-state index contributed by atoms with van der Waals surface area (Å²) < 4.78 is 1.65. The van der Waals surface area contributed by atoms with E-state index in [2.05, 4.69) is 16.2 Å². The molecule has 19 heavy (non-hydrogen) atoms. The quantitative estimate of drug-likeness (QED) is 0.891. The Bertz CT molecular complexity index is 617. The van der Waals surface area contributed by atoms with Crippen molar-refractivity contribution in [2.75, 3.05) is 5.73 Å². The normalized spacial score (nSPS) is 15.5. The maximum Gasteiger partial charge on any atom is 0.145 e. The number of nitrogens with two attached hydrogens (primary N) is 1. The molecule has 2 aromatic heterocycles. The first-order valence-corrected chi connectivity index (χ1v) is 6.50. The molecule has 2 aromatic rings. The molecule has 1 fully saturated rings. The van der Waals surface area contributed by atoms with Gasteiger partial charge >= 0.3 is 0 Å². The first-order valence-electron chi connectivity index (χ1n) is 6.50. The predicted molar refractivity (Wildman–Crippen MR) is 71.7 cm³/mol. The predicted octanol–water partition coefficient (Wildman–Crippen LogP) is 2.38. The van der Waals surface area contributed by atoms with Gasteiger partial charge in [-0.2, -0.15) is 10.4 Å². The van der Waals surface area contributed by atoms with Gasteiger partial charge in [0.05, 0.1) is 11.4 Å². The van der Waals surface area contributed by atoms with Crippen LogP contribution in [0.4, 0.5) is 5.82 Å². The minimum atomic E-state index is 0.375. The molecule has 0 amide bonds. The number of anilines is 1. The molecular formula is C14H15N5. The molecule has 2 heterocycles. The lowest BCUT2D eigenvalue weighted by Gasteiger charge is -2.04. The summed E-state index contributed by atoms with van der Waals surface area (Å²) in [7, 11) is 0. The SMILES string of the molecule is N#Cc1c(C2CCCC2)nn(-c2ccncc2)c1N. The van der Waals surface area contributed by atoms with Gasteiger partial charge in [-0.3, -0.25) is 4.98 Å². The molecule has 96 valence electrons. The van der Waals surface area contributed by atoms with Crippen molar-refractivity contribution < 1.29 is 0 Å². The third-order valence-electron chi connectivity index (χ3n) is 3.71. The summed E-state index contributed by atoms with van der Waals surface area (Å²) in [5, 5.41) is 13.9. The third-order valence-corrected chi connectivity index (χ3v) is 3.71. The Balaban J connectivity index is 2.10. The first kappa shape index (κ1) is 11.7. The van der Waals surface area contributed by atoms with Gasteiger partial charge < -0.3 is 5.73 Å². The van der Waals surface area contributed by atoms with Gasteiger partial charge in [0.2, 0.25) is 0 Å². The van der Waals surface area contributed by atoms with Gasteiger partial charge in [-0.25, -0.2) is 4.68 Å². The van der Waals surface area contributed by atoms with E-state index in [-0.39, 0.29) is 0 Å². The second-order valence-corrected chi connectivity index (χ2v) is 4.86. The van der Waals surface area contributed by atoms with Crippen LogP contribution in [0.5, 0.6) is 0 Å². The average molecular weight is 253 g/mol. The number of hydrogen-bond acceptors (Lipinski definition) is 4. The summed E-state index contributed by atoms with van der Waals surface area (Å²) in [6.45, 7) is 0. The molecule has 1 aliphatic rings. The van der Waals surface area contributed by atoms with E-state index in [1.807, 2.05) is 12.1 Å². The van der Waals surface area contributed by atoms with E-state index in [0.717, 1.165) is 24.2 Å². The summed E-state index contributed by atoms with van der Waals surface area (Å²) in [5.74, 6) is 0.802. The van der Waals surface area contributed by atoms with Crippen molar-refractivity contribution in [3.63, 3.8) is 0 Å². The maximum absolute atomic E-state index is 9.32. The third kappa shape index (κ3) is 1.95. The lowest BCUT2D eigenvalue weighted by molar-refractivity contribution is 0.678. The van der Waals surface area contributed by atoms with Crippen molar-refractivity contribution in [1.29, 1.82) is 5.26 Å². The van der Waals surface area contributed by atoms with E-state index < -0.39 is 0 Å². The average Bonchev–Trinajstić information content (AvgIpc) is 3.07. The highest BCUT2D eigenvalue weighted by atomic mass is 15.3. The lowest BCUT2D eigenvalue weighted by atomic mass is 10.0. The Kier molecular flexibility index (Phi) is 2.92. The van der Waals surface area contributed by atoms with E-state index in [4.69, 9.17) is 5.73 Å². The van der Waals surface area contributed by atoms with Crippen molar-refractivity contribution in [2.45, 2.75) is 31.6 Å². The Morgan fingerprint density at radius 1 is 1.26 bits per heavy atom. The van der Waals surface area contributed by atoms with Crippen molar-refractivity contribution in [2.24, 2.45) is 0 Å². The van der Waals surface area contributed by atoms with Gasteiger partial charge in [0.15, 0.2) is 0 Å². The number of nitriles is 1. The van der Waals surface area contributed by atoms with E-state index in [0.29, 0.717) is 17.3 Å². The molecule has 0 atom stereocenters. The fourth-order valence-electron chi connectivity index (χ4n) is 2.73. The largest absolute Gasteiger partial charge is 0.382 e.